The molecule has 4 heteroatoms. The summed E-state index contributed by atoms with van der Waals surface area (Å²) in [5.41, 5.74) is 2.17. The summed E-state index contributed by atoms with van der Waals surface area (Å²) in [7, 11) is 0. The van der Waals surface area contributed by atoms with Crippen molar-refractivity contribution in [2.75, 3.05) is 38.0 Å². The minimum absolute atomic E-state index is 0.103. The molecule has 1 amide bonds. The Kier molecular flexibility index (Phi) is 4.03. The second-order valence-electron chi connectivity index (χ2n) is 5.97. The maximum Gasteiger partial charge on any atom is 0.238 e. The molecule has 3 rings (SSSR count). The lowest BCUT2D eigenvalue weighted by Gasteiger charge is -2.16. The average Bonchev–Trinajstić information content (AvgIpc) is 2.99. The van der Waals surface area contributed by atoms with Crippen LogP contribution < -0.4 is 10.6 Å². The summed E-state index contributed by atoms with van der Waals surface area (Å²) < 4.78 is 0. The van der Waals surface area contributed by atoms with Gasteiger partial charge in [0.05, 0.1) is 6.54 Å². The van der Waals surface area contributed by atoms with E-state index >= 15 is 0 Å². The Balaban J connectivity index is 1.52. The van der Waals surface area contributed by atoms with Crippen molar-refractivity contribution in [2.45, 2.75) is 13.3 Å². The van der Waals surface area contributed by atoms with Crippen molar-refractivity contribution in [3.63, 3.8) is 0 Å². The van der Waals surface area contributed by atoms with E-state index in [1.165, 1.54) is 5.56 Å². The van der Waals surface area contributed by atoms with Crippen LogP contribution in [0.4, 0.5) is 5.69 Å². The number of fused-ring (bicyclic) bond motifs is 1. The van der Waals surface area contributed by atoms with Gasteiger partial charge in [-0.15, -0.1) is 0 Å². The van der Waals surface area contributed by atoms with Gasteiger partial charge in [0, 0.05) is 18.8 Å². The van der Waals surface area contributed by atoms with Crippen molar-refractivity contribution < 1.29 is 4.79 Å². The molecule has 2 saturated heterocycles. The number of amides is 1. The Labute approximate surface area is 120 Å². The molecule has 2 heterocycles. The van der Waals surface area contributed by atoms with E-state index < -0.39 is 0 Å². The monoisotopic (exact) mass is 273 g/mol. The lowest BCUT2D eigenvalue weighted by molar-refractivity contribution is -0.117. The van der Waals surface area contributed by atoms with Gasteiger partial charge in [-0.05, 0) is 49.0 Å². The Hall–Kier alpha value is -1.39. The van der Waals surface area contributed by atoms with Crippen LogP contribution in [0.3, 0.4) is 0 Å². The normalized spacial score (nSPS) is 25.6. The molecule has 2 atom stereocenters. The molecule has 1 aromatic rings. The van der Waals surface area contributed by atoms with Crippen LogP contribution in [0.25, 0.3) is 0 Å². The molecule has 0 aliphatic carbocycles. The molecule has 2 unspecified atom stereocenters. The fourth-order valence-corrected chi connectivity index (χ4v) is 3.35. The largest absolute Gasteiger partial charge is 0.325 e. The van der Waals surface area contributed by atoms with Gasteiger partial charge in [-0.1, -0.05) is 19.1 Å². The Morgan fingerprint density at radius 2 is 2.10 bits per heavy atom. The highest BCUT2D eigenvalue weighted by molar-refractivity contribution is 5.92. The van der Waals surface area contributed by atoms with E-state index in [2.05, 4.69) is 34.6 Å². The second-order valence-corrected chi connectivity index (χ2v) is 5.97. The smallest absolute Gasteiger partial charge is 0.238 e. The number of nitrogens with zero attached hydrogens (tertiary/aromatic N) is 1. The van der Waals surface area contributed by atoms with Gasteiger partial charge in [0.15, 0.2) is 0 Å². The Morgan fingerprint density at radius 1 is 1.35 bits per heavy atom. The standard InChI is InChI=1S/C16H23N3O/c1-2-12-4-3-5-15(6-12)18-16(20)11-19-9-13-7-17-8-14(13)10-19/h3-6,13-14,17H,2,7-11H2,1H3,(H,18,20). The highest BCUT2D eigenvalue weighted by Crippen LogP contribution is 2.25. The molecule has 0 aromatic heterocycles. The zero-order chi connectivity index (χ0) is 13.9. The maximum atomic E-state index is 12.1. The van der Waals surface area contributed by atoms with Crippen LogP contribution in [0.1, 0.15) is 12.5 Å². The number of hydrogen-bond donors (Lipinski definition) is 2. The number of nitrogens with one attached hydrogen (secondary N) is 2. The van der Waals surface area contributed by atoms with Gasteiger partial charge in [0.1, 0.15) is 0 Å². The fraction of sp³-hybridized carbons (Fsp3) is 0.562. The molecule has 4 nitrogen and oxygen atoms in total. The molecule has 0 spiro atoms. The number of aryl methyl sites for hydroxylation is 1. The van der Waals surface area contributed by atoms with Crippen molar-refractivity contribution >= 4 is 11.6 Å². The van der Waals surface area contributed by atoms with E-state index in [4.69, 9.17) is 0 Å². The summed E-state index contributed by atoms with van der Waals surface area (Å²) in [5.74, 6) is 1.59. The van der Waals surface area contributed by atoms with Crippen LogP contribution in [0, 0.1) is 11.8 Å². The predicted octanol–water partition coefficient (Wildman–Crippen LogP) is 1.34. The number of anilines is 1. The Morgan fingerprint density at radius 3 is 2.80 bits per heavy atom. The van der Waals surface area contributed by atoms with Gasteiger partial charge in [-0.2, -0.15) is 0 Å². The van der Waals surface area contributed by atoms with Crippen molar-refractivity contribution in [3.05, 3.63) is 29.8 Å². The molecular formula is C16H23N3O. The van der Waals surface area contributed by atoms with Gasteiger partial charge < -0.3 is 10.6 Å². The number of rotatable bonds is 4. The molecule has 1 aromatic carbocycles. The van der Waals surface area contributed by atoms with Gasteiger partial charge >= 0.3 is 0 Å². The van der Waals surface area contributed by atoms with Gasteiger partial charge in [-0.25, -0.2) is 0 Å². The van der Waals surface area contributed by atoms with Crippen LogP contribution >= 0.6 is 0 Å². The van der Waals surface area contributed by atoms with E-state index in [0.29, 0.717) is 6.54 Å². The zero-order valence-electron chi connectivity index (χ0n) is 12.1. The number of carbonyl (C=O) groups excluding carboxylic acids is 1. The minimum Gasteiger partial charge on any atom is -0.325 e. The highest BCUT2D eigenvalue weighted by atomic mass is 16.2. The SMILES string of the molecule is CCc1cccc(NC(=O)CN2CC3CNCC3C2)c1. The zero-order valence-corrected chi connectivity index (χ0v) is 12.1. The summed E-state index contributed by atoms with van der Waals surface area (Å²) in [6.07, 6.45) is 0.992. The fourth-order valence-electron chi connectivity index (χ4n) is 3.35. The van der Waals surface area contributed by atoms with Crippen molar-refractivity contribution in [2.24, 2.45) is 11.8 Å². The summed E-state index contributed by atoms with van der Waals surface area (Å²) in [5, 5.41) is 6.44. The molecule has 2 aliphatic rings. The third-order valence-corrected chi connectivity index (χ3v) is 4.45. The molecule has 2 N–H and O–H groups in total. The third-order valence-electron chi connectivity index (χ3n) is 4.45. The lowest BCUT2D eigenvalue weighted by atomic mass is 10.0. The maximum absolute atomic E-state index is 12.1. The molecule has 0 bridgehead atoms. The summed E-state index contributed by atoms with van der Waals surface area (Å²) in [6, 6.07) is 8.10. The molecular weight excluding hydrogens is 250 g/mol. The summed E-state index contributed by atoms with van der Waals surface area (Å²) >= 11 is 0. The van der Waals surface area contributed by atoms with Crippen molar-refractivity contribution in [1.29, 1.82) is 0 Å². The first-order valence-electron chi connectivity index (χ1n) is 7.56. The third kappa shape index (κ3) is 3.02. The molecule has 0 saturated carbocycles. The number of benzene rings is 1. The van der Waals surface area contributed by atoms with Crippen LogP contribution in [0.2, 0.25) is 0 Å². The van der Waals surface area contributed by atoms with E-state index in [1.54, 1.807) is 0 Å². The highest BCUT2D eigenvalue weighted by Gasteiger charge is 2.36. The van der Waals surface area contributed by atoms with Crippen LogP contribution in [-0.4, -0.2) is 43.5 Å². The number of hydrogen-bond acceptors (Lipinski definition) is 3. The summed E-state index contributed by atoms with van der Waals surface area (Å²) in [4.78, 5) is 14.4. The topological polar surface area (TPSA) is 44.4 Å². The average molecular weight is 273 g/mol. The number of likely N-dealkylation sites (tertiary alicyclic amines) is 1. The first-order valence-corrected chi connectivity index (χ1v) is 7.56. The van der Waals surface area contributed by atoms with Gasteiger partial charge in [0.2, 0.25) is 5.91 Å². The molecule has 20 heavy (non-hydrogen) atoms. The first-order chi connectivity index (χ1) is 9.74. The first kappa shape index (κ1) is 13.6. The Bertz CT molecular complexity index is 476. The van der Waals surface area contributed by atoms with E-state index in [-0.39, 0.29) is 5.91 Å². The van der Waals surface area contributed by atoms with Crippen LogP contribution in [0.5, 0.6) is 0 Å². The van der Waals surface area contributed by atoms with E-state index in [1.807, 2.05) is 12.1 Å². The van der Waals surface area contributed by atoms with E-state index in [9.17, 15) is 4.79 Å². The van der Waals surface area contributed by atoms with Crippen molar-refractivity contribution in [1.82, 2.24) is 10.2 Å². The van der Waals surface area contributed by atoms with Crippen LogP contribution in [0.15, 0.2) is 24.3 Å². The number of carbonyl (C=O) groups is 1. The second kappa shape index (κ2) is 5.94. The quantitative estimate of drug-likeness (QED) is 0.870. The minimum atomic E-state index is 0.103. The van der Waals surface area contributed by atoms with Gasteiger partial charge in [-0.3, -0.25) is 9.69 Å². The lowest BCUT2D eigenvalue weighted by Crippen LogP contribution is -2.33. The molecule has 2 fully saturated rings. The summed E-state index contributed by atoms with van der Waals surface area (Å²) in [6.45, 7) is 6.98. The predicted molar refractivity (Wildman–Crippen MR) is 80.7 cm³/mol. The molecule has 108 valence electrons. The molecule has 0 radical (unpaired) electrons. The molecule has 2 aliphatic heterocycles. The van der Waals surface area contributed by atoms with Gasteiger partial charge in [0.25, 0.3) is 0 Å². The van der Waals surface area contributed by atoms with Crippen molar-refractivity contribution in [3.8, 4) is 0 Å². The van der Waals surface area contributed by atoms with E-state index in [0.717, 1.165) is 50.1 Å². The van der Waals surface area contributed by atoms with Crippen LogP contribution in [-0.2, 0) is 11.2 Å².